The van der Waals surface area contributed by atoms with Gasteiger partial charge < -0.3 is 10.0 Å². The van der Waals surface area contributed by atoms with E-state index in [1.54, 1.807) is 11.8 Å². The molecule has 4 heteroatoms. The predicted molar refractivity (Wildman–Crippen MR) is 61.8 cm³/mol. The summed E-state index contributed by atoms with van der Waals surface area (Å²) in [5.41, 5.74) is 0. The van der Waals surface area contributed by atoms with Crippen molar-refractivity contribution in [3.63, 3.8) is 0 Å². The minimum absolute atomic E-state index is 0.206. The second-order valence-corrected chi connectivity index (χ2v) is 5.89. The molecule has 2 rings (SSSR count). The second-order valence-electron chi connectivity index (χ2n) is 4.58. The first kappa shape index (κ1) is 11.3. The first-order valence-corrected chi connectivity index (χ1v) is 6.82. The fraction of sp³-hybridized carbons (Fsp3) is 0.909. The Morgan fingerprint density at radius 2 is 2.33 bits per heavy atom. The van der Waals surface area contributed by atoms with Gasteiger partial charge in [-0.2, -0.15) is 0 Å². The number of carbonyl (C=O) groups is 1. The monoisotopic (exact) mass is 229 g/mol. The fourth-order valence-electron chi connectivity index (χ4n) is 2.36. The summed E-state index contributed by atoms with van der Waals surface area (Å²) in [4.78, 5) is 14.0. The molecule has 0 spiro atoms. The maximum Gasteiger partial charge on any atom is 0.235 e. The van der Waals surface area contributed by atoms with Gasteiger partial charge >= 0.3 is 0 Å². The Balaban J connectivity index is 1.87. The molecule has 0 bridgehead atoms. The maximum atomic E-state index is 12.0. The van der Waals surface area contributed by atoms with E-state index in [2.05, 4.69) is 0 Å². The molecule has 0 saturated carbocycles. The smallest absolute Gasteiger partial charge is 0.235 e. The van der Waals surface area contributed by atoms with Crippen molar-refractivity contribution >= 4 is 17.7 Å². The normalized spacial score (nSPS) is 33.3. The lowest BCUT2D eigenvalue weighted by Crippen LogP contribution is -2.36. The zero-order chi connectivity index (χ0) is 10.8. The van der Waals surface area contributed by atoms with Gasteiger partial charge in [0, 0.05) is 19.0 Å². The van der Waals surface area contributed by atoms with Crippen LogP contribution in [0.25, 0.3) is 0 Å². The summed E-state index contributed by atoms with van der Waals surface area (Å²) in [6, 6.07) is 0. The average Bonchev–Trinajstić information content (AvgIpc) is 2.88. The Bertz CT molecular complexity index is 239. The number of aliphatic hydroxyl groups is 1. The summed E-state index contributed by atoms with van der Waals surface area (Å²) < 4.78 is 0. The lowest BCUT2D eigenvalue weighted by molar-refractivity contribution is -0.129. The van der Waals surface area contributed by atoms with Crippen LogP contribution in [0.2, 0.25) is 0 Å². The molecular weight excluding hydrogens is 210 g/mol. The quantitative estimate of drug-likeness (QED) is 0.771. The number of hydrogen-bond donors (Lipinski definition) is 1. The highest BCUT2D eigenvalue weighted by atomic mass is 32.2. The van der Waals surface area contributed by atoms with Gasteiger partial charge in [-0.25, -0.2) is 0 Å². The minimum Gasteiger partial charge on any atom is -0.393 e. The number of carbonyl (C=O) groups excluding carboxylic acids is 1. The Morgan fingerprint density at radius 3 is 2.87 bits per heavy atom. The molecule has 1 amide bonds. The molecule has 3 unspecified atom stereocenters. The van der Waals surface area contributed by atoms with E-state index in [0.717, 1.165) is 31.7 Å². The third kappa shape index (κ3) is 2.48. The van der Waals surface area contributed by atoms with Crippen LogP contribution in [-0.2, 0) is 4.79 Å². The molecule has 2 aliphatic rings. The molecule has 3 nitrogen and oxygen atoms in total. The number of amides is 1. The summed E-state index contributed by atoms with van der Waals surface area (Å²) in [5, 5.41) is 9.68. The van der Waals surface area contributed by atoms with Crippen molar-refractivity contribution in [3.05, 3.63) is 0 Å². The maximum absolute atomic E-state index is 12.0. The Morgan fingerprint density at radius 1 is 1.53 bits per heavy atom. The van der Waals surface area contributed by atoms with Crippen molar-refractivity contribution in [1.29, 1.82) is 0 Å². The molecule has 2 saturated heterocycles. The van der Waals surface area contributed by atoms with Crippen molar-refractivity contribution in [1.82, 2.24) is 4.90 Å². The van der Waals surface area contributed by atoms with Crippen LogP contribution in [0.4, 0.5) is 0 Å². The average molecular weight is 229 g/mol. The molecule has 0 aliphatic carbocycles. The number of likely N-dealkylation sites (tertiary alicyclic amines) is 1. The van der Waals surface area contributed by atoms with E-state index in [4.69, 9.17) is 0 Å². The van der Waals surface area contributed by atoms with E-state index in [1.165, 1.54) is 6.42 Å². The molecule has 2 heterocycles. The van der Waals surface area contributed by atoms with Gasteiger partial charge in [-0.05, 0) is 31.9 Å². The van der Waals surface area contributed by atoms with Crippen LogP contribution >= 0.6 is 11.8 Å². The molecule has 15 heavy (non-hydrogen) atoms. The van der Waals surface area contributed by atoms with Gasteiger partial charge in [-0.1, -0.05) is 0 Å². The van der Waals surface area contributed by atoms with Gasteiger partial charge in [0.2, 0.25) is 5.91 Å². The summed E-state index contributed by atoms with van der Waals surface area (Å²) in [5.74, 6) is 1.73. The second kappa shape index (κ2) is 4.74. The molecule has 0 aromatic rings. The van der Waals surface area contributed by atoms with Crippen LogP contribution in [0.3, 0.4) is 0 Å². The molecule has 1 N–H and O–H groups in total. The lowest BCUT2D eigenvalue weighted by Gasteiger charge is -2.20. The van der Waals surface area contributed by atoms with Crippen molar-refractivity contribution in [3.8, 4) is 0 Å². The number of rotatable bonds is 2. The Labute approximate surface area is 95.2 Å². The summed E-state index contributed by atoms with van der Waals surface area (Å²) >= 11 is 1.79. The van der Waals surface area contributed by atoms with E-state index < -0.39 is 0 Å². The topological polar surface area (TPSA) is 40.5 Å². The molecule has 0 radical (unpaired) electrons. The van der Waals surface area contributed by atoms with Crippen molar-refractivity contribution in [2.75, 3.05) is 18.8 Å². The zero-order valence-corrected chi connectivity index (χ0v) is 10.0. The largest absolute Gasteiger partial charge is 0.393 e. The van der Waals surface area contributed by atoms with Gasteiger partial charge in [0.05, 0.1) is 11.4 Å². The minimum atomic E-state index is -0.279. The van der Waals surface area contributed by atoms with Crippen molar-refractivity contribution in [2.24, 2.45) is 5.92 Å². The molecule has 3 atom stereocenters. The van der Waals surface area contributed by atoms with E-state index in [-0.39, 0.29) is 11.4 Å². The highest BCUT2D eigenvalue weighted by Crippen LogP contribution is 2.30. The SMILES string of the molecule is CC(O)C1CCN(C(=O)C2CCCS2)C1. The third-order valence-electron chi connectivity index (χ3n) is 3.42. The number of nitrogens with zero attached hydrogens (tertiary/aromatic N) is 1. The standard InChI is InChI=1S/C11H19NO2S/c1-8(13)9-4-5-12(7-9)11(14)10-3-2-6-15-10/h8-10,13H,2-7H2,1H3. The zero-order valence-electron chi connectivity index (χ0n) is 9.19. The third-order valence-corrected chi connectivity index (χ3v) is 4.79. The van der Waals surface area contributed by atoms with Crippen LogP contribution in [0.1, 0.15) is 26.2 Å². The van der Waals surface area contributed by atoms with E-state index in [0.29, 0.717) is 11.8 Å². The Kier molecular flexibility index (Phi) is 3.57. The first-order chi connectivity index (χ1) is 7.18. The van der Waals surface area contributed by atoms with Gasteiger partial charge in [0.25, 0.3) is 0 Å². The van der Waals surface area contributed by atoms with E-state index in [1.807, 2.05) is 11.8 Å². The summed E-state index contributed by atoms with van der Waals surface area (Å²) in [6.45, 7) is 3.42. The fourth-order valence-corrected chi connectivity index (χ4v) is 3.60. The summed E-state index contributed by atoms with van der Waals surface area (Å²) in [6.07, 6.45) is 2.90. The van der Waals surface area contributed by atoms with Gasteiger partial charge in [0.15, 0.2) is 0 Å². The number of aliphatic hydroxyl groups excluding tert-OH is 1. The number of hydrogen-bond acceptors (Lipinski definition) is 3. The lowest BCUT2D eigenvalue weighted by atomic mass is 10.0. The number of thioether (sulfide) groups is 1. The van der Waals surface area contributed by atoms with Crippen LogP contribution in [0.15, 0.2) is 0 Å². The van der Waals surface area contributed by atoms with Crippen LogP contribution < -0.4 is 0 Å². The van der Waals surface area contributed by atoms with Crippen LogP contribution in [0.5, 0.6) is 0 Å². The van der Waals surface area contributed by atoms with E-state index >= 15 is 0 Å². The molecule has 0 aromatic carbocycles. The van der Waals surface area contributed by atoms with Crippen molar-refractivity contribution in [2.45, 2.75) is 37.5 Å². The molecule has 86 valence electrons. The first-order valence-electron chi connectivity index (χ1n) is 5.77. The van der Waals surface area contributed by atoms with Crippen molar-refractivity contribution < 1.29 is 9.90 Å². The van der Waals surface area contributed by atoms with Crippen LogP contribution in [-0.4, -0.2) is 46.1 Å². The highest BCUT2D eigenvalue weighted by Gasteiger charge is 2.33. The highest BCUT2D eigenvalue weighted by molar-refractivity contribution is 8.00. The predicted octanol–water partition coefficient (Wildman–Crippen LogP) is 1.11. The molecule has 2 fully saturated rings. The Hall–Kier alpha value is -0.220. The van der Waals surface area contributed by atoms with Crippen LogP contribution in [0, 0.1) is 5.92 Å². The van der Waals surface area contributed by atoms with Gasteiger partial charge in [-0.3, -0.25) is 4.79 Å². The van der Waals surface area contributed by atoms with Gasteiger partial charge in [0.1, 0.15) is 0 Å². The molecular formula is C11H19NO2S. The molecule has 2 aliphatic heterocycles. The van der Waals surface area contributed by atoms with Gasteiger partial charge in [-0.15, -0.1) is 11.8 Å². The molecule has 0 aromatic heterocycles. The van der Waals surface area contributed by atoms with E-state index in [9.17, 15) is 9.90 Å². The summed E-state index contributed by atoms with van der Waals surface area (Å²) in [7, 11) is 0.